The van der Waals surface area contributed by atoms with Gasteiger partial charge in [0.05, 0.1) is 47.4 Å². The van der Waals surface area contributed by atoms with Crippen LogP contribution in [0.2, 0.25) is 5.02 Å². The third-order valence-corrected chi connectivity index (χ3v) is 3.67. The zero-order valence-corrected chi connectivity index (χ0v) is 11.2. The monoisotopic (exact) mass is 293 g/mol. The lowest BCUT2D eigenvalue weighted by molar-refractivity contribution is 0.0697. The summed E-state index contributed by atoms with van der Waals surface area (Å²) in [6, 6.07) is 4.56. The van der Waals surface area contributed by atoms with Crippen LogP contribution in [0.4, 0.5) is 0 Å². The summed E-state index contributed by atoms with van der Waals surface area (Å²) in [5.41, 5.74) is 8.19. The van der Waals surface area contributed by atoms with Crippen molar-refractivity contribution in [1.82, 2.24) is 9.78 Å². The van der Waals surface area contributed by atoms with Crippen molar-refractivity contribution in [1.29, 1.82) is 0 Å². The number of benzene rings is 1. The molecule has 1 aromatic heterocycles. The molecule has 0 spiro atoms. The van der Waals surface area contributed by atoms with Crippen molar-refractivity contribution in [3.05, 3.63) is 46.2 Å². The molecule has 2 aromatic rings. The maximum atomic E-state index is 11.1. The van der Waals surface area contributed by atoms with Gasteiger partial charge in [0.2, 0.25) is 0 Å². The molecule has 0 saturated heterocycles. The van der Waals surface area contributed by atoms with E-state index in [0.29, 0.717) is 18.9 Å². The Hall–Kier alpha value is -1.89. The Kier molecular flexibility index (Phi) is 3.21. The van der Waals surface area contributed by atoms with E-state index in [-0.39, 0.29) is 16.6 Å². The molecule has 3 N–H and O–H groups in total. The highest BCUT2D eigenvalue weighted by Gasteiger charge is 2.24. The Morgan fingerprint density at radius 3 is 3.10 bits per heavy atom. The van der Waals surface area contributed by atoms with Gasteiger partial charge in [0.25, 0.3) is 0 Å². The van der Waals surface area contributed by atoms with Gasteiger partial charge in [-0.1, -0.05) is 17.7 Å². The molecule has 0 unspecified atom stereocenters. The van der Waals surface area contributed by atoms with Crippen LogP contribution in [0.15, 0.2) is 24.4 Å². The molecule has 3 rings (SSSR count). The number of halogens is 1. The van der Waals surface area contributed by atoms with Crippen molar-refractivity contribution in [2.45, 2.75) is 12.6 Å². The number of nitrogens with zero attached hydrogens (tertiary/aromatic N) is 2. The van der Waals surface area contributed by atoms with E-state index in [2.05, 4.69) is 5.10 Å². The van der Waals surface area contributed by atoms with Crippen LogP contribution in [0.3, 0.4) is 0 Å². The van der Waals surface area contributed by atoms with Gasteiger partial charge >= 0.3 is 5.97 Å². The van der Waals surface area contributed by atoms with Gasteiger partial charge in [-0.05, 0) is 12.1 Å². The van der Waals surface area contributed by atoms with Crippen LogP contribution in [0.5, 0.6) is 0 Å². The number of hydrogen-bond acceptors (Lipinski definition) is 4. The first-order chi connectivity index (χ1) is 9.59. The third-order valence-electron chi connectivity index (χ3n) is 3.27. The smallest absolute Gasteiger partial charge is 0.337 e. The minimum atomic E-state index is -1.08. The fourth-order valence-electron chi connectivity index (χ4n) is 2.27. The Morgan fingerprint density at radius 2 is 2.35 bits per heavy atom. The van der Waals surface area contributed by atoms with E-state index >= 15 is 0 Å². The van der Waals surface area contributed by atoms with E-state index in [9.17, 15) is 4.79 Å². The third kappa shape index (κ3) is 1.98. The summed E-state index contributed by atoms with van der Waals surface area (Å²) in [5.74, 6) is -1.08. The van der Waals surface area contributed by atoms with Crippen molar-refractivity contribution in [3.8, 4) is 5.69 Å². The largest absolute Gasteiger partial charge is 0.478 e. The predicted molar refractivity (Wildman–Crippen MR) is 72.1 cm³/mol. The van der Waals surface area contributed by atoms with Crippen LogP contribution in [-0.4, -0.2) is 27.5 Å². The number of carboxylic acid groups (broad SMARTS) is 1. The van der Waals surface area contributed by atoms with Crippen molar-refractivity contribution in [2.24, 2.45) is 5.73 Å². The van der Waals surface area contributed by atoms with Gasteiger partial charge in [-0.25, -0.2) is 9.48 Å². The van der Waals surface area contributed by atoms with Crippen molar-refractivity contribution in [3.63, 3.8) is 0 Å². The molecule has 20 heavy (non-hydrogen) atoms. The lowest BCUT2D eigenvalue weighted by Crippen LogP contribution is -2.24. The number of carboxylic acids is 1. The van der Waals surface area contributed by atoms with Gasteiger partial charge in [-0.15, -0.1) is 0 Å². The second-order valence-electron chi connectivity index (χ2n) is 4.52. The number of ether oxygens (including phenoxy) is 1. The van der Waals surface area contributed by atoms with Crippen LogP contribution < -0.4 is 5.73 Å². The number of aromatic nitrogens is 2. The van der Waals surface area contributed by atoms with Crippen molar-refractivity contribution in [2.75, 3.05) is 6.61 Å². The van der Waals surface area contributed by atoms with Crippen LogP contribution in [0.1, 0.15) is 27.7 Å². The molecule has 7 heteroatoms. The van der Waals surface area contributed by atoms with Gasteiger partial charge in [0.1, 0.15) is 0 Å². The molecule has 1 aliphatic heterocycles. The summed E-state index contributed by atoms with van der Waals surface area (Å²) in [4.78, 5) is 11.1. The molecular weight excluding hydrogens is 282 g/mol. The number of hydrogen-bond donors (Lipinski definition) is 2. The number of rotatable bonds is 2. The molecule has 0 fully saturated rings. The minimum absolute atomic E-state index is 0.0365. The van der Waals surface area contributed by atoms with E-state index in [0.717, 1.165) is 11.3 Å². The van der Waals surface area contributed by atoms with Crippen LogP contribution in [-0.2, 0) is 11.3 Å². The van der Waals surface area contributed by atoms with E-state index in [1.165, 1.54) is 6.07 Å². The zero-order chi connectivity index (χ0) is 14.3. The van der Waals surface area contributed by atoms with Crippen LogP contribution >= 0.6 is 11.6 Å². The average Bonchev–Trinajstić information content (AvgIpc) is 2.84. The van der Waals surface area contributed by atoms with Crippen molar-refractivity contribution >= 4 is 17.6 Å². The normalized spacial score (nSPS) is 17.8. The van der Waals surface area contributed by atoms with Gasteiger partial charge in [0.15, 0.2) is 0 Å². The summed E-state index contributed by atoms with van der Waals surface area (Å²) in [7, 11) is 0. The molecule has 0 saturated carbocycles. The lowest BCUT2D eigenvalue weighted by Gasteiger charge is -2.20. The zero-order valence-electron chi connectivity index (χ0n) is 10.4. The summed E-state index contributed by atoms with van der Waals surface area (Å²) in [6.07, 6.45) is 1.67. The Labute approximate surface area is 119 Å². The Bertz CT molecular complexity index is 683. The quantitative estimate of drug-likeness (QED) is 0.880. The molecular formula is C13H12ClN3O3. The Balaban J connectivity index is 2.15. The molecule has 0 radical (unpaired) electrons. The summed E-state index contributed by atoms with van der Waals surface area (Å²) < 4.78 is 6.99. The number of fused-ring (bicyclic) bond motifs is 1. The standard InChI is InChI=1S/C13H12ClN3O3/c14-12-7(13(18)19)2-1-3-10(12)17-11-6-20-5-9(15)8(11)4-16-17/h1-4,9H,5-6,15H2,(H,18,19)/t9-/m1/s1. The van der Waals surface area contributed by atoms with Crippen LogP contribution in [0.25, 0.3) is 5.69 Å². The van der Waals surface area contributed by atoms with Gasteiger partial charge in [0, 0.05) is 5.56 Å². The maximum absolute atomic E-state index is 11.1. The fraction of sp³-hybridized carbons (Fsp3) is 0.231. The second kappa shape index (κ2) is 4.90. The fourth-order valence-corrected chi connectivity index (χ4v) is 2.56. The summed E-state index contributed by atoms with van der Waals surface area (Å²) in [6.45, 7) is 0.818. The molecule has 0 bridgehead atoms. The maximum Gasteiger partial charge on any atom is 0.337 e. The number of nitrogens with two attached hydrogens (primary N) is 1. The molecule has 1 aliphatic rings. The molecule has 2 heterocycles. The van der Waals surface area contributed by atoms with E-state index < -0.39 is 5.97 Å². The second-order valence-corrected chi connectivity index (χ2v) is 4.90. The SMILES string of the molecule is N[C@@H]1COCc2c1cnn2-c1cccc(C(=O)O)c1Cl. The molecule has 0 amide bonds. The molecule has 0 aliphatic carbocycles. The van der Waals surface area contributed by atoms with E-state index in [1.54, 1.807) is 23.0 Å². The minimum Gasteiger partial charge on any atom is -0.478 e. The first kappa shape index (κ1) is 13.1. The molecule has 1 atom stereocenters. The highest BCUT2D eigenvalue weighted by molar-refractivity contribution is 6.35. The molecule has 6 nitrogen and oxygen atoms in total. The van der Waals surface area contributed by atoms with Crippen LogP contribution in [0, 0.1) is 0 Å². The van der Waals surface area contributed by atoms with Gasteiger partial charge < -0.3 is 15.6 Å². The Morgan fingerprint density at radius 1 is 1.55 bits per heavy atom. The predicted octanol–water partition coefficient (Wildman–Crippen LogP) is 1.75. The first-order valence-corrected chi connectivity index (χ1v) is 6.39. The highest BCUT2D eigenvalue weighted by Crippen LogP contribution is 2.29. The van der Waals surface area contributed by atoms with Gasteiger partial charge in [-0.2, -0.15) is 5.10 Å². The first-order valence-electron chi connectivity index (χ1n) is 6.02. The topological polar surface area (TPSA) is 90.4 Å². The van der Waals surface area contributed by atoms with Crippen molar-refractivity contribution < 1.29 is 14.6 Å². The number of carbonyl (C=O) groups is 1. The van der Waals surface area contributed by atoms with E-state index in [4.69, 9.17) is 27.2 Å². The molecule has 104 valence electrons. The molecule has 1 aromatic carbocycles. The average molecular weight is 294 g/mol. The van der Waals surface area contributed by atoms with E-state index in [1.807, 2.05) is 0 Å². The highest BCUT2D eigenvalue weighted by atomic mass is 35.5. The van der Waals surface area contributed by atoms with Gasteiger partial charge in [-0.3, -0.25) is 0 Å². The number of aromatic carboxylic acids is 1. The lowest BCUT2D eigenvalue weighted by atomic mass is 10.1. The summed E-state index contributed by atoms with van der Waals surface area (Å²) >= 11 is 6.16. The summed E-state index contributed by atoms with van der Waals surface area (Å²) in [5, 5.41) is 13.5.